The number of pyridine rings is 1. The summed E-state index contributed by atoms with van der Waals surface area (Å²) in [5.41, 5.74) is -10.1. The van der Waals surface area contributed by atoms with Crippen LogP contribution in [0.15, 0.2) is 48.7 Å². The fraction of sp³-hybridized carbons (Fsp3) is 0.558. The Hall–Kier alpha value is -5.95. The Morgan fingerprint density at radius 1 is 0.774 bits per heavy atom. The number of aliphatic hydroxyl groups is 1. The number of nitrogens with zero attached hydrogens (tertiary/aromatic N) is 1. The molecule has 4 bridgehead atoms. The lowest BCUT2D eigenvalue weighted by atomic mass is 9.45. The molecule has 1 aromatic carbocycles. The van der Waals surface area contributed by atoms with Crippen LogP contribution in [0.5, 0.6) is 0 Å². The molecule has 19 heteroatoms. The van der Waals surface area contributed by atoms with Crippen LogP contribution in [0.3, 0.4) is 0 Å². The van der Waals surface area contributed by atoms with Crippen molar-refractivity contribution in [1.29, 1.82) is 0 Å². The fourth-order valence-corrected chi connectivity index (χ4v) is 9.73. The largest absolute Gasteiger partial charge is 0.465 e. The van der Waals surface area contributed by atoms with Crippen molar-refractivity contribution < 1.29 is 86.1 Å². The molecule has 2 aromatic rings. The summed E-state index contributed by atoms with van der Waals surface area (Å²) in [5.74, 6) is -10.7. The first-order chi connectivity index (χ1) is 29.1. The zero-order valence-corrected chi connectivity index (χ0v) is 35.4. The zero-order chi connectivity index (χ0) is 45.5. The Morgan fingerprint density at radius 3 is 1.97 bits per heavy atom. The molecule has 62 heavy (non-hydrogen) atoms. The number of fused-ring (bicyclic) bond motifs is 5. The lowest BCUT2D eigenvalue weighted by Gasteiger charge is -2.67. The van der Waals surface area contributed by atoms with Gasteiger partial charge in [0.15, 0.2) is 30.0 Å². The van der Waals surface area contributed by atoms with Gasteiger partial charge in [0, 0.05) is 40.8 Å². The third kappa shape index (κ3) is 7.76. The molecule has 1 saturated heterocycles. The number of aromatic nitrogens is 1. The first-order valence-electron chi connectivity index (χ1n) is 19.9. The number of hydrogen-bond donors (Lipinski definition) is 1. The molecular formula is C43H49NO18. The molecule has 0 radical (unpaired) electrons. The van der Waals surface area contributed by atoms with Crippen LogP contribution >= 0.6 is 0 Å². The fourth-order valence-electron chi connectivity index (χ4n) is 9.73. The summed E-state index contributed by atoms with van der Waals surface area (Å²) in [6, 6.07) is 10.4. The normalized spacial score (nSPS) is 35.0. The van der Waals surface area contributed by atoms with Crippen molar-refractivity contribution >= 4 is 47.8 Å². The van der Waals surface area contributed by atoms with Crippen molar-refractivity contribution in [3.63, 3.8) is 0 Å². The molecule has 1 aromatic heterocycles. The summed E-state index contributed by atoms with van der Waals surface area (Å²) in [6.07, 6.45) is -10.6. The molecule has 2 aliphatic carbocycles. The number of cyclic esters (lactones) is 1. The van der Waals surface area contributed by atoms with Crippen LogP contribution in [0, 0.1) is 17.3 Å². The summed E-state index contributed by atoms with van der Waals surface area (Å²) < 4.78 is 55.3. The van der Waals surface area contributed by atoms with Crippen LogP contribution in [0.25, 0.3) is 0 Å². The molecule has 4 aliphatic rings. The van der Waals surface area contributed by atoms with Gasteiger partial charge >= 0.3 is 47.8 Å². The topological polar surface area (TPSA) is 253 Å². The standard InChI is InChI=1S/C43H49NO18/c1-21-16-17-29-28(15-12-18-44-29)39(52)55-19-40(7)30-31(56-23(3)46)35(58-25(5)48)42(20-54-22(2)45)36(59-26(6)49)32(60-38(51)27-13-10-9-11-14-27)34(61-37(21)50)41(8,53)43(42,62-40)33(30)57-24(4)47/h9-15,18,21,30-36,53H,16-17,19-20H2,1-8H3/t21-,30-,31-,32-,33+,34+,35+,36-,40+,41-,42-,43+/m0/s1. The average Bonchev–Trinajstić information content (AvgIpc) is 3.41. The van der Waals surface area contributed by atoms with Crippen LogP contribution in [0.4, 0.5) is 0 Å². The van der Waals surface area contributed by atoms with E-state index in [0.29, 0.717) is 0 Å². The van der Waals surface area contributed by atoms with Gasteiger partial charge in [-0.1, -0.05) is 25.1 Å². The van der Waals surface area contributed by atoms with E-state index in [1.165, 1.54) is 56.4 Å². The van der Waals surface area contributed by atoms with E-state index in [9.17, 15) is 43.5 Å². The van der Waals surface area contributed by atoms with Gasteiger partial charge in [0.2, 0.25) is 0 Å². The highest BCUT2D eigenvalue weighted by atomic mass is 16.7. The van der Waals surface area contributed by atoms with Gasteiger partial charge in [0.1, 0.15) is 42.0 Å². The maximum atomic E-state index is 14.4. The Labute approximate surface area is 355 Å². The van der Waals surface area contributed by atoms with Gasteiger partial charge in [0.05, 0.1) is 28.7 Å². The van der Waals surface area contributed by atoms with Crippen LogP contribution in [-0.4, -0.2) is 124 Å². The van der Waals surface area contributed by atoms with Gasteiger partial charge in [-0.25, -0.2) is 9.59 Å². The van der Waals surface area contributed by atoms with Crippen molar-refractivity contribution in [3.8, 4) is 0 Å². The average molecular weight is 868 g/mol. The molecule has 334 valence electrons. The number of carbonyl (C=O) groups excluding carboxylic acids is 8. The Kier molecular flexibility index (Phi) is 12.6. The minimum atomic E-state index is -2.86. The van der Waals surface area contributed by atoms with Crippen LogP contribution in [-0.2, 0) is 77.8 Å². The van der Waals surface area contributed by atoms with Crippen LogP contribution in [0.2, 0.25) is 0 Å². The van der Waals surface area contributed by atoms with E-state index in [0.717, 1.165) is 41.5 Å². The first kappa shape index (κ1) is 45.6. The van der Waals surface area contributed by atoms with E-state index in [4.69, 9.17) is 42.6 Å². The van der Waals surface area contributed by atoms with Gasteiger partial charge in [-0.3, -0.25) is 33.8 Å². The van der Waals surface area contributed by atoms with E-state index < -0.39 is 132 Å². The van der Waals surface area contributed by atoms with Crippen molar-refractivity contribution in [1.82, 2.24) is 4.98 Å². The zero-order valence-electron chi connectivity index (χ0n) is 35.4. The number of benzene rings is 1. The van der Waals surface area contributed by atoms with Crippen LogP contribution < -0.4 is 0 Å². The van der Waals surface area contributed by atoms with Crippen molar-refractivity contribution in [3.05, 3.63) is 65.5 Å². The molecule has 0 amide bonds. The minimum Gasteiger partial charge on any atom is -0.465 e. The molecule has 12 atom stereocenters. The highest BCUT2D eigenvalue weighted by molar-refractivity contribution is 5.91. The van der Waals surface area contributed by atoms with E-state index in [1.54, 1.807) is 6.07 Å². The van der Waals surface area contributed by atoms with E-state index >= 15 is 0 Å². The second kappa shape index (κ2) is 17.1. The smallest absolute Gasteiger partial charge is 0.340 e. The molecule has 1 spiro atoms. The van der Waals surface area contributed by atoms with E-state index in [2.05, 4.69) is 4.98 Å². The predicted molar refractivity (Wildman–Crippen MR) is 205 cm³/mol. The summed E-state index contributed by atoms with van der Waals surface area (Å²) in [4.78, 5) is 113. The van der Waals surface area contributed by atoms with Gasteiger partial charge in [0.25, 0.3) is 0 Å². The number of carbonyl (C=O) groups is 8. The summed E-state index contributed by atoms with van der Waals surface area (Å²) in [6.45, 7) is 7.16. The third-order valence-corrected chi connectivity index (χ3v) is 12.1. The maximum Gasteiger partial charge on any atom is 0.340 e. The van der Waals surface area contributed by atoms with Gasteiger partial charge < -0.3 is 47.7 Å². The van der Waals surface area contributed by atoms with Gasteiger partial charge in [-0.15, -0.1) is 0 Å². The highest BCUT2D eigenvalue weighted by Crippen LogP contribution is 2.70. The second-order valence-corrected chi connectivity index (χ2v) is 16.4. The molecule has 2 saturated carbocycles. The monoisotopic (exact) mass is 867 g/mol. The van der Waals surface area contributed by atoms with Crippen LogP contribution in [0.1, 0.15) is 88.2 Å². The third-order valence-electron chi connectivity index (χ3n) is 12.1. The van der Waals surface area contributed by atoms with E-state index in [1.807, 2.05) is 0 Å². The molecule has 19 nitrogen and oxygen atoms in total. The van der Waals surface area contributed by atoms with E-state index in [-0.39, 0.29) is 29.7 Å². The minimum absolute atomic E-state index is 0.0225. The first-order valence-corrected chi connectivity index (χ1v) is 19.9. The molecule has 1 N–H and O–H groups in total. The highest BCUT2D eigenvalue weighted by Gasteiger charge is 2.92. The summed E-state index contributed by atoms with van der Waals surface area (Å²) >= 11 is 0. The lowest BCUT2D eigenvalue weighted by Crippen LogP contribution is -2.89. The Balaban J connectivity index is 1.77. The molecule has 3 heterocycles. The molecular weight excluding hydrogens is 818 g/mol. The Bertz CT molecular complexity index is 2140. The number of aryl methyl sites for hydroxylation is 1. The lowest BCUT2D eigenvalue weighted by molar-refractivity contribution is -0.386. The molecule has 0 unspecified atom stereocenters. The number of ether oxygens (including phenoxy) is 9. The number of esters is 8. The predicted octanol–water partition coefficient (Wildman–Crippen LogP) is 2.16. The van der Waals surface area contributed by atoms with Gasteiger partial charge in [-0.2, -0.15) is 0 Å². The molecule has 6 rings (SSSR count). The van der Waals surface area contributed by atoms with Crippen molar-refractivity contribution in [2.75, 3.05) is 13.2 Å². The second-order valence-electron chi connectivity index (χ2n) is 16.4. The molecule has 2 aliphatic heterocycles. The van der Waals surface area contributed by atoms with Crippen molar-refractivity contribution in [2.45, 2.75) is 122 Å². The van der Waals surface area contributed by atoms with Crippen molar-refractivity contribution in [2.24, 2.45) is 17.3 Å². The SMILES string of the molecule is CC(=O)OC[C@@]12[C@H](OC(C)=O)[C@@H](OC(C)=O)[C@H]3[C@@H](OC(C)=O)[C@]14O[C@]3(C)COC(=O)c1cccnc1CC[C@H](C)C(=O)O[C@H]([C@H](OC(=O)c1ccccc1)[C@@H]2OC(C)=O)[C@]4(C)O. The molecule has 3 fully saturated rings. The summed E-state index contributed by atoms with van der Waals surface area (Å²) in [7, 11) is 0. The maximum absolute atomic E-state index is 14.4. The Morgan fingerprint density at radius 2 is 1.37 bits per heavy atom. The summed E-state index contributed by atoms with van der Waals surface area (Å²) in [5, 5.41) is 13.6. The number of hydrogen-bond acceptors (Lipinski definition) is 19. The quantitative estimate of drug-likeness (QED) is 0.295. The number of rotatable bonds is 8. The van der Waals surface area contributed by atoms with Gasteiger partial charge in [-0.05, 0) is 51.0 Å².